The topological polar surface area (TPSA) is 168 Å². The summed E-state index contributed by atoms with van der Waals surface area (Å²) in [5.74, 6) is -2.52. The molecule has 0 spiro atoms. The predicted molar refractivity (Wildman–Crippen MR) is 87.9 cm³/mol. The molecule has 23 heavy (non-hydrogen) atoms. The van der Waals surface area contributed by atoms with Crippen LogP contribution in [-0.2, 0) is 14.4 Å². The van der Waals surface area contributed by atoms with Crippen LogP contribution in [0.15, 0.2) is 0 Å². The van der Waals surface area contributed by atoms with Crippen molar-refractivity contribution in [2.24, 2.45) is 11.5 Å². The number of rotatable bonds is 11. The lowest BCUT2D eigenvalue weighted by molar-refractivity contribution is -0.145. The highest BCUT2D eigenvalue weighted by molar-refractivity contribution is 7.80. The SMILES string of the molecule is CC(O)C(NC(=O)C(CCCCN)NC(=O)C(N)CS)C(=O)O. The average Bonchev–Trinajstić information content (AvgIpc) is 2.49. The van der Waals surface area contributed by atoms with Gasteiger partial charge in [0.05, 0.1) is 12.1 Å². The molecule has 0 aliphatic rings. The van der Waals surface area contributed by atoms with Gasteiger partial charge in [0.25, 0.3) is 0 Å². The number of aliphatic hydroxyl groups is 1. The third-order valence-corrected chi connectivity index (χ3v) is 3.55. The standard InChI is InChI=1S/C13H26N4O5S/c1-7(18)10(13(21)22)17-12(20)9(4-2-3-5-14)16-11(19)8(15)6-23/h7-10,18,23H,2-6,14-15H2,1H3,(H,16,19)(H,17,20)(H,21,22). The Morgan fingerprint density at radius 2 is 1.78 bits per heavy atom. The molecular formula is C13H26N4O5S. The number of nitrogens with two attached hydrogens (primary N) is 2. The molecule has 0 aliphatic heterocycles. The number of carbonyl (C=O) groups is 3. The number of hydrogen-bond donors (Lipinski definition) is 7. The smallest absolute Gasteiger partial charge is 0.328 e. The van der Waals surface area contributed by atoms with Gasteiger partial charge >= 0.3 is 5.97 Å². The monoisotopic (exact) mass is 350 g/mol. The summed E-state index contributed by atoms with van der Waals surface area (Å²) in [5.41, 5.74) is 10.9. The highest BCUT2D eigenvalue weighted by Gasteiger charge is 2.29. The van der Waals surface area contributed by atoms with Crippen molar-refractivity contribution < 1.29 is 24.6 Å². The van der Waals surface area contributed by atoms with Gasteiger partial charge in [0, 0.05) is 5.75 Å². The van der Waals surface area contributed by atoms with Crippen molar-refractivity contribution in [1.82, 2.24) is 10.6 Å². The van der Waals surface area contributed by atoms with E-state index in [0.717, 1.165) is 0 Å². The zero-order valence-electron chi connectivity index (χ0n) is 13.1. The number of aliphatic carboxylic acids is 1. The molecular weight excluding hydrogens is 324 g/mol. The summed E-state index contributed by atoms with van der Waals surface area (Å²) in [7, 11) is 0. The summed E-state index contributed by atoms with van der Waals surface area (Å²) >= 11 is 3.91. The number of carbonyl (C=O) groups excluding carboxylic acids is 2. The van der Waals surface area contributed by atoms with Crippen LogP contribution < -0.4 is 22.1 Å². The van der Waals surface area contributed by atoms with Crippen LogP contribution in [-0.4, -0.2) is 64.5 Å². The fourth-order valence-electron chi connectivity index (χ4n) is 1.77. The zero-order valence-corrected chi connectivity index (χ0v) is 14.0. The summed E-state index contributed by atoms with van der Waals surface area (Å²) in [5, 5.41) is 23.1. The van der Waals surface area contributed by atoms with E-state index in [1.165, 1.54) is 6.92 Å². The van der Waals surface area contributed by atoms with Crippen LogP contribution in [0.25, 0.3) is 0 Å². The van der Waals surface area contributed by atoms with Gasteiger partial charge in [-0.3, -0.25) is 9.59 Å². The van der Waals surface area contributed by atoms with E-state index in [0.29, 0.717) is 19.4 Å². The van der Waals surface area contributed by atoms with E-state index in [1.54, 1.807) is 0 Å². The molecule has 0 heterocycles. The van der Waals surface area contributed by atoms with E-state index >= 15 is 0 Å². The second-order valence-corrected chi connectivity index (χ2v) is 5.56. The Hall–Kier alpha value is -1.36. The van der Waals surface area contributed by atoms with Gasteiger partial charge < -0.3 is 32.3 Å². The molecule has 0 aliphatic carbocycles. The minimum Gasteiger partial charge on any atom is -0.480 e. The summed E-state index contributed by atoms with van der Waals surface area (Å²) in [6.07, 6.45) is 0.214. The molecule has 4 atom stereocenters. The van der Waals surface area contributed by atoms with Crippen LogP contribution >= 0.6 is 12.6 Å². The maximum atomic E-state index is 12.2. The highest BCUT2D eigenvalue weighted by Crippen LogP contribution is 2.03. The van der Waals surface area contributed by atoms with Crippen molar-refractivity contribution in [2.75, 3.05) is 12.3 Å². The maximum absolute atomic E-state index is 12.2. The molecule has 0 rings (SSSR count). The molecule has 0 saturated heterocycles. The molecule has 0 saturated carbocycles. The van der Waals surface area contributed by atoms with E-state index in [9.17, 15) is 19.5 Å². The van der Waals surface area contributed by atoms with Gasteiger partial charge in [-0.2, -0.15) is 12.6 Å². The Balaban J connectivity index is 4.91. The number of aliphatic hydroxyl groups excluding tert-OH is 1. The first-order valence-corrected chi connectivity index (χ1v) is 7.95. The summed E-state index contributed by atoms with van der Waals surface area (Å²) in [6, 6.07) is -3.30. The van der Waals surface area contributed by atoms with Gasteiger partial charge in [-0.25, -0.2) is 4.79 Å². The van der Waals surface area contributed by atoms with Gasteiger partial charge in [0.15, 0.2) is 6.04 Å². The van der Waals surface area contributed by atoms with E-state index in [-0.39, 0.29) is 12.2 Å². The fraction of sp³-hybridized carbons (Fsp3) is 0.769. The number of carboxylic acids is 1. The molecule has 0 aromatic carbocycles. The number of thiol groups is 1. The molecule has 0 bridgehead atoms. The summed E-state index contributed by atoms with van der Waals surface area (Å²) < 4.78 is 0. The largest absolute Gasteiger partial charge is 0.480 e. The van der Waals surface area contributed by atoms with Crippen LogP contribution in [0.2, 0.25) is 0 Å². The molecule has 10 heteroatoms. The Kier molecular flexibility index (Phi) is 10.6. The number of nitrogens with one attached hydrogen (secondary N) is 2. The number of amides is 2. The third-order valence-electron chi connectivity index (χ3n) is 3.16. The lowest BCUT2D eigenvalue weighted by Crippen LogP contribution is -2.56. The van der Waals surface area contributed by atoms with Crippen LogP contribution in [0.3, 0.4) is 0 Å². The van der Waals surface area contributed by atoms with Crippen LogP contribution in [0.1, 0.15) is 26.2 Å². The fourth-order valence-corrected chi connectivity index (χ4v) is 1.93. The maximum Gasteiger partial charge on any atom is 0.328 e. The van der Waals surface area contributed by atoms with Crippen molar-refractivity contribution in [1.29, 1.82) is 0 Å². The van der Waals surface area contributed by atoms with E-state index in [1.807, 2.05) is 0 Å². The van der Waals surface area contributed by atoms with E-state index in [2.05, 4.69) is 23.3 Å². The quantitative estimate of drug-likeness (QED) is 0.164. The molecule has 0 radical (unpaired) electrons. The van der Waals surface area contributed by atoms with Crippen molar-refractivity contribution in [3.05, 3.63) is 0 Å². The normalized spacial score (nSPS) is 16.0. The highest BCUT2D eigenvalue weighted by atomic mass is 32.1. The second kappa shape index (κ2) is 11.2. The number of unbranched alkanes of at least 4 members (excludes halogenated alkanes) is 1. The minimum absolute atomic E-state index is 0.106. The van der Waals surface area contributed by atoms with Crippen molar-refractivity contribution in [2.45, 2.75) is 50.4 Å². The zero-order chi connectivity index (χ0) is 18.0. The van der Waals surface area contributed by atoms with E-state index < -0.39 is 42.0 Å². The first-order valence-electron chi connectivity index (χ1n) is 7.32. The molecule has 8 N–H and O–H groups in total. The Morgan fingerprint density at radius 3 is 2.22 bits per heavy atom. The lowest BCUT2D eigenvalue weighted by Gasteiger charge is -2.23. The Labute approximate surface area is 140 Å². The predicted octanol–water partition coefficient (Wildman–Crippen LogP) is -2.19. The van der Waals surface area contributed by atoms with Gasteiger partial charge in [-0.05, 0) is 32.7 Å². The number of hydrogen-bond acceptors (Lipinski definition) is 7. The van der Waals surface area contributed by atoms with E-state index in [4.69, 9.17) is 16.6 Å². The third kappa shape index (κ3) is 8.16. The molecule has 134 valence electrons. The first kappa shape index (κ1) is 21.6. The van der Waals surface area contributed by atoms with Gasteiger partial charge in [0.1, 0.15) is 6.04 Å². The lowest BCUT2D eigenvalue weighted by atomic mass is 10.1. The average molecular weight is 350 g/mol. The summed E-state index contributed by atoms with van der Waals surface area (Å²) in [6.45, 7) is 1.68. The Morgan fingerprint density at radius 1 is 1.17 bits per heavy atom. The minimum atomic E-state index is -1.46. The second-order valence-electron chi connectivity index (χ2n) is 5.20. The molecule has 0 aromatic heterocycles. The molecule has 4 unspecified atom stereocenters. The van der Waals surface area contributed by atoms with Crippen molar-refractivity contribution in [3.8, 4) is 0 Å². The van der Waals surface area contributed by atoms with Gasteiger partial charge in [0.2, 0.25) is 11.8 Å². The van der Waals surface area contributed by atoms with Crippen LogP contribution in [0, 0.1) is 0 Å². The first-order chi connectivity index (χ1) is 10.7. The van der Waals surface area contributed by atoms with Gasteiger partial charge in [-0.1, -0.05) is 0 Å². The molecule has 9 nitrogen and oxygen atoms in total. The number of carboxylic acid groups (broad SMARTS) is 1. The molecule has 0 aromatic rings. The van der Waals surface area contributed by atoms with Crippen molar-refractivity contribution >= 4 is 30.4 Å². The van der Waals surface area contributed by atoms with Crippen molar-refractivity contribution in [3.63, 3.8) is 0 Å². The molecule has 0 fully saturated rings. The van der Waals surface area contributed by atoms with Crippen LogP contribution in [0.5, 0.6) is 0 Å². The van der Waals surface area contributed by atoms with Crippen LogP contribution in [0.4, 0.5) is 0 Å². The molecule has 2 amide bonds. The van der Waals surface area contributed by atoms with Gasteiger partial charge in [-0.15, -0.1) is 0 Å². The Bertz CT molecular complexity index is 408. The summed E-state index contributed by atoms with van der Waals surface area (Å²) in [4.78, 5) is 35.1.